The maximum Gasteiger partial charge on any atom is 0.337 e. The number of hydrogen-bond acceptors (Lipinski definition) is 4. The van der Waals surface area contributed by atoms with Crippen molar-refractivity contribution in [1.29, 1.82) is 0 Å². The number of rotatable bonds is 5. The van der Waals surface area contributed by atoms with E-state index in [0.717, 1.165) is 25.8 Å². The fourth-order valence-electron chi connectivity index (χ4n) is 3.63. The van der Waals surface area contributed by atoms with Crippen molar-refractivity contribution in [3.8, 4) is 0 Å². The summed E-state index contributed by atoms with van der Waals surface area (Å²) in [6.45, 7) is 2.91. The van der Waals surface area contributed by atoms with Crippen molar-refractivity contribution in [3.05, 3.63) is 65.2 Å². The summed E-state index contributed by atoms with van der Waals surface area (Å²) in [5.41, 5.74) is 2.05. The molecule has 1 fully saturated rings. The lowest BCUT2D eigenvalue weighted by Gasteiger charge is -2.35. The van der Waals surface area contributed by atoms with Gasteiger partial charge in [-0.2, -0.15) is 0 Å². The molecule has 0 bridgehead atoms. The van der Waals surface area contributed by atoms with Gasteiger partial charge in [-0.3, -0.25) is 9.59 Å². The monoisotopic (exact) mass is 394 g/mol. The number of nitrogens with one attached hydrogen (secondary N) is 1. The number of amides is 2. The highest BCUT2D eigenvalue weighted by Crippen LogP contribution is 2.22. The number of hydrogen-bond donors (Lipinski definition) is 1. The normalized spacial score (nSPS) is 16.2. The molecule has 0 saturated carbocycles. The molecule has 6 nitrogen and oxygen atoms in total. The van der Waals surface area contributed by atoms with Crippen LogP contribution in [0, 0.1) is 0 Å². The van der Waals surface area contributed by atoms with Crippen molar-refractivity contribution in [2.24, 2.45) is 0 Å². The first kappa shape index (κ1) is 20.6. The fourth-order valence-corrected chi connectivity index (χ4v) is 3.63. The number of nitrogens with zero attached hydrogens (tertiary/aromatic N) is 1. The Kier molecular flexibility index (Phi) is 6.65. The van der Waals surface area contributed by atoms with E-state index in [9.17, 15) is 14.4 Å². The van der Waals surface area contributed by atoms with Gasteiger partial charge in [-0.05, 0) is 74.2 Å². The van der Waals surface area contributed by atoms with Crippen LogP contribution >= 0.6 is 0 Å². The summed E-state index contributed by atoms with van der Waals surface area (Å²) in [7, 11) is 1.32. The van der Waals surface area contributed by atoms with Crippen LogP contribution in [-0.2, 0) is 4.74 Å². The molecule has 1 saturated heterocycles. The zero-order valence-corrected chi connectivity index (χ0v) is 16.8. The standard InChI is InChI=1S/C23H26N2O4/c1-3-20-6-4-5-15-25(20)22(27)17-9-7-16(8-10-17)21(26)24-19-13-11-18(12-14-19)23(28)29-2/h7-14,20H,3-6,15H2,1-2H3,(H,24,26). The van der Waals surface area contributed by atoms with E-state index in [-0.39, 0.29) is 11.8 Å². The zero-order valence-electron chi connectivity index (χ0n) is 16.8. The summed E-state index contributed by atoms with van der Waals surface area (Å²) < 4.78 is 4.66. The summed E-state index contributed by atoms with van der Waals surface area (Å²) in [5.74, 6) is -0.678. The summed E-state index contributed by atoms with van der Waals surface area (Å²) in [4.78, 5) is 38.7. The highest BCUT2D eigenvalue weighted by atomic mass is 16.5. The predicted octanol–water partition coefficient (Wildman–Crippen LogP) is 4.13. The van der Waals surface area contributed by atoms with Gasteiger partial charge in [0.2, 0.25) is 0 Å². The van der Waals surface area contributed by atoms with Crippen LogP contribution in [0.15, 0.2) is 48.5 Å². The van der Waals surface area contributed by atoms with E-state index in [0.29, 0.717) is 28.4 Å². The molecule has 0 aromatic heterocycles. The summed E-state index contributed by atoms with van der Waals surface area (Å²) in [5, 5.41) is 2.78. The van der Waals surface area contributed by atoms with Crippen molar-refractivity contribution >= 4 is 23.5 Å². The van der Waals surface area contributed by atoms with Crippen LogP contribution in [-0.4, -0.2) is 42.4 Å². The van der Waals surface area contributed by atoms with Gasteiger partial charge in [-0.15, -0.1) is 0 Å². The van der Waals surface area contributed by atoms with Crippen LogP contribution in [0.4, 0.5) is 5.69 Å². The van der Waals surface area contributed by atoms with Gasteiger partial charge < -0.3 is 15.0 Å². The van der Waals surface area contributed by atoms with Gasteiger partial charge in [0.1, 0.15) is 0 Å². The molecule has 0 spiro atoms. The number of anilines is 1. The maximum atomic E-state index is 12.8. The van der Waals surface area contributed by atoms with Crippen molar-refractivity contribution in [3.63, 3.8) is 0 Å². The smallest absolute Gasteiger partial charge is 0.337 e. The number of benzene rings is 2. The molecule has 1 N–H and O–H groups in total. The number of esters is 1. The summed E-state index contributed by atoms with van der Waals surface area (Å²) >= 11 is 0. The van der Waals surface area contributed by atoms with Crippen molar-refractivity contribution in [2.45, 2.75) is 38.6 Å². The Morgan fingerprint density at radius 3 is 2.21 bits per heavy atom. The minimum absolute atomic E-state index is 0.0295. The maximum absolute atomic E-state index is 12.8. The second-order valence-corrected chi connectivity index (χ2v) is 7.16. The fraction of sp³-hybridized carbons (Fsp3) is 0.348. The molecule has 1 atom stereocenters. The zero-order chi connectivity index (χ0) is 20.8. The van der Waals surface area contributed by atoms with Crippen LogP contribution in [0.25, 0.3) is 0 Å². The Morgan fingerprint density at radius 1 is 0.966 bits per heavy atom. The van der Waals surface area contributed by atoms with E-state index in [4.69, 9.17) is 0 Å². The third kappa shape index (κ3) is 4.83. The Morgan fingerprint density at radius 2 is 1.59 bits per heavy atom. The van der Waals surface area contributed by atoms with Gasteiger partial charge in [-0.1, -0.05) is 6.92 Å². The predicted molar refractivity (Wildman–Crippen MR) is 111 cm³/mol. The highest BCUT2D eigenvalue weighted by Gasteiger charge is 2.26. The quantitative estimate of drug-likeness (QED) is 0.774. The number of likely N-dealkylation sites (tertiary alicyclic amines) is 1. The molecule has 1 unspecified atom stereocenters. The number of methoxy groups -OCH3 is 1. The van der Waals surface area contributed by atoms with E-state index < -0.39 is 5.97 Å². The van der Waals surface area contributed by atoms with Crippen molar-refractivity contribution in [2.75, 3.05) is 19.0 Å². The Labute approximate surface area is 170 Å². The molecule has 29 heavy (non-hydrogen) atoms. The minimum Gasteiger partial charge on any atom is -0.465 e. The van der Waals surface area contributed by atoms with Gasteiger partial charge in [-0.25, -0.2) is 4.79 Å². The SMILES string of the molecule is CCC1CCCCN1C(=O)c1ccc(C(=O)Nc2ccc(C(=O)OC)cc2)cc1. The second kappa shape index (κ2) is 9.37. The van der Waals surface area contributed by atoms with Gasteiger partial charge in [0, 0.05) is 29.4 Å². The highest BCUT2D eigenvalue weighted by molar-refractivity contribution is 6.05. The van der Waals surface area contributed by atoms with Crippen LogP contribution in [0.3, 0.4) is 0 Å². The molecule has 6 heteroatoms. The molecule has 3 rings (SSSR count). The first-order valence-corrected chi connectivity index (χ1v) is 9.94. The van der Waals surface area contributed by atoms with E-state index in [1.807, 2.05) is 4.90 Å². The lowest BCUT2D eigenvalue weighted by atomic mass is 9.98. The first-order valence-electron chi connectivity index (χ1n) is 9.94. The molecule has 0 radical (unpaired) electrons. The average Bonchev–Trinajstić information content (AvgIpc) is 2.78. The van der Waals surface area contributed by atoms with Crippen molar-refractivity contribution in [1.82, 2.24) is 4.90 Å². The van der Waals surface area contributed by atoms with Crippen molar-refractivity contribution < 1.29 is 19.1 Å². The molecule has 1 heterocycles. The van der Waals surface area contributed by atoms with E-state index >= 15 is 0 Å². The molecule has 1 aliphatic heterocycles. The molecule has 0 aliphatic carbocycles. The van der Waals surface area contributed by atoms with Crippen LogP contribution < -0.4 is 5.32 Å². The lowest BCUT2D eigenvalue weighted by molar-refractivity contribution is 0.0595. The molecule has 2 aromatic carbocycles. The third-order valence-electron chi connectivity index (χ3n) is 5.32. The minimum atomic E-state index is -0.429. The molecular formula is C23H26N2O4. The van der Waals surface area contributed by atoms with E-state index in [1.54, 1.807) is 48.5 Å². The number of carbonyl (C=O) groups is 3. The Bertz CT molecular complexity index is 875. The molecular weight excluding hydrogens is 368 g/mol. The Balaban J connectivity index is 1.65. The first-order chi connectivity index (χ1) is 14.0. The lowest BCUT2D eigenvalue weighted by Crippen LogP contribution is -2.43. The van der Waals surface area contributed by atoms with Gasteiger partial charge >= 0.3 is 5.97 Å². The number of ether oxygens (including phenoxy) is 1. The number of piperidine rings is 1. The van der Waals surface area contributed by atoms with Gasteiger partial charge in [0.15, 0.2) is 0 Å². The van der Waals surface area contributed by atoms with Crippen LogP contribution in [0.2, 0.25) is 0 Å². The third-order valence-corrected chi connectivity index (χ3v) is 5.32. The van der Waals surface area contributed by atoms with Gasteiger partial charge in [0.25, 0.3) is 11.8 Å². The number of carbonyl (C=O) groups excluding carboxylic acids is 3. The summed E-state index contributed by atoms with van der Waals surface area (Å²) in [6.07, 6.45) is 4.22. The van der Waals surface area contributed by atoms with E-state index in [1.165, 1.54) is 13.5 Å². The second-order valence-electron chi connectivity index (χ2n) is 7.16. The Hall–Kier alpha value is -3.15. The molecule has 2 amide bonds. The summed E-state index contributed by atoms with van der Waals surface area (Å²) in [6, 6.07) is 13.5. The molecule has 1 aliphatic rings. The van der Waals surface area contributed by atoms with E-state index in [2.05, 4.69) is 17.0 Å². The van der Waals surface area contributed by atoms with Gasteiger partial charge in [0.05, 0.1) is 12.7 Å². The topological polar surface area (TPSA) is 75.7 Å². The molecule has 152 valence electrons. The van der Waals surface area contributed by atoms with Crippen LogP contribution in [0.5, 0.6) is 0 Å². The largest absolute Gasteiger partial charge is 0.465 e. The average molecular weight is 394 g/mol. The molecule has 2 aromatic rings. The van der Waals surface area contributed by atoms with Crippen LogP contribution in [0.1, 0.15) is 63.7 Å².